The highest BCUT2D eigenvalue weighted by Crippen LogP contribution is 2.36. The summed E-state index contributed by atoms with van der Waals surface area (Å²) < 4.78 is 10.9. The molecule has 1 heterocycles. The van der Waals surface area contributed by atoms with Gasteiger partial charge in [-0.3, -0.25) is 4.90 Å². The average molecular weight is 335 g/mol. The number of rotatable bonds is 5. The maximum absolute atomic E-state index is 6.28. The molecule has 1 saturated heterocycles. The number of benzene rings is 1. The van der Waals surface area contributed by atoms with Gasteiger partial charge in [0.25, 0.3) is 0 Å². The summed E-state index contributed by atoms with van der Waals surface area (Å²) in [4.78, 5) is 2.43. The molecular weight excluding hydrogens is 311 g/mol. The lowest BCUT2D eigenvalue weighted by Crippen LogP contribution is -2.48. The number of hydrogen-bond donors (Lipinski definition) is 1. The second-order valence-electron chi connectivity index (χ2n) is 5.13. The van der Waals surface area contributed by atoms with Gasteiger partial charge in [-0.1, -0.05) is 11.6 Å². The first kappa shape index (κ1) is 18.4. The van der Waals surface area contributed by atoms with Gasteiger partial charge in [-0.2, -0.15) is 0 Å². The van der Waals surface area contributed by atoms with E-state index in [2.05, 4.69) is 17.1 Å². The van der Waals surface area contributed by atoms with Crippen molar-refractivity contribution < 1.29 is 9.47 Å². The Morgan fingerprint density at radius 1 is 1.43 bits per heavy atom. The molecule has 0 bridgehead atoms. The van der Waals surface area contributed by atoms with E-state index in [1.54, 1.807) is 7.11 Å². The first-order valence-corrected chi connectivity index (χ1v) is 7.46. The summed E-state index contributed by atoms with van der Waals surface area (Å²) >= 11 is 6.28. The van der Waals surface area contributed by atoms with Crippen molar-refractivity contribution in [2.45, 2.75) is 26.4 Å². The van der Waals surface area contributed by atoms with Crippen LogP contribution in [0, 0.1) is 0 Å². The molecule has 1 aromatic carbocycles. The highest BCUT2D eigenvalue weighted by atomic mass is 35.5. The smallest absolute Gasteiger partial charge is 0.179 e. The van der Waals surface area contributed by atoms with E-state index < -0.39 is 0 Å². The summed E-state index contributed by atoms with van der Waals surface area (Å²) in [5.41, 5.74) is 1.16. The highest BCUT2D eigenvalue weighted by Gasteiger charge is 2.17. The van der Waals surface area contributed by atoms with E-state index >= 15 is 0 Å². The molecule has 0 aliphatic carbocycles. The Balaban J connectivity index is 0.00000220. The average Bonchev–Trinajstić information content (AvgIpc) is 2.39. The van der Waals surface area contributed by atoms with Crippen molar-refractivity contribution in [1.29, 1.82) is 0 Å². The number of nitrogens with one attached hydrogen (secondary N) is 1. The number of ether oxygens (including phenoxy) is 2. The summed E-state index contributed by atoms with van der Waals surface area (Å²) in [7, 11) is 1.61. The minimum atomic E-state index is 0. The molecule has 4 nitrogen and oxygen atoms in total. The molecule has 1 aliphatic rings. The van der Waals surface area contributed by atoms with Crippen LogP contribution in [0.4, 0.5) is 0 Å². The highest BCUT2D eigenvalue weighted by molar-refractivity contribution is 6.32. The lowest BCUT2D eigenvalue weighted by Gasteiger charge is -2.32. The van der Waals surface area contributed by atoms with Gasteiger partial charge in [-0.15, -0.1) is 12.4 Å². The number of piperazine rings is 1. The molecule has 0 aromatic heterocycles. The molecule has 21 heavy (non-hydrogen) atoms. The van der Waals surface area contributed by atoms with Crippen LogP contribution < -0.4 is 14.8 Å². The van der Waals surface area contributed by atoms with Crippen molar-refractivity contribution in [3.63, 3.8) is 0 Å². The third kappa shape index (κ3) is 4.92. The second-order valence-corrected chi connectivity index (χ2v) is 5.54. The molecule has 1 atom stereocenters. The van der Waals surface area contributed by atoms with Crippen LogP contribution in [0.2, 0.25) is 5.02 Å². The quantitative estimate of drug-likeness (QED) is 0.897. The molecule has 6 heteroatoms. The molecule has 1 aromatic rings. The summed E-state index contributed by atoms with van der Waals surface area (Å²) in [5.74, 6) is 1.34. The monoisotopic (exact) mass is 334 g/mol. The van der Waals surface area contributed by atoms with Crippen LogP contribution in [0.15, 0.2) is 12.1 Å². The third-order valence-electron chi connectivity index (χ3n) is 3.43. The molecule has 0 amide bonds. The molecule has 1 aliphatic heterocycles. The minimum Gasteiger partial charge on any atom is -0.491 e. The van der Waals surface area contributed by atoms with Crippen molar-refractivity contribution in [1.82, 2.24) is 10.2 Å². The van der Waals surface area contributed by atoms with Crippen LogP contribution in [0.5, 0.6) is 11.5 Å². The summed E-state index contributed by atoms with van der Waals surface area (Å²) in [5, 5.41) is 4.05. The van der Waals surface area contributed by atoms with Crippen molar-refractivity contribution in [2.24, 2.45) is 0 Å². The number of hydrogen-bond acceptors (Lipinski definition) is 4. The van der Waals surface area contributed by atoms with Crippen molar-refractivity contribution in [3.8, 4) is 11.5 Å². The Morgan fingerprint density at radius 2 is 2.19 bits per heavy atom. The number of methoxy groups -OCH3 is 1. The van der Waals surface area contributed by atoms with Crippen LogP contribution in [-0.2, 0) is 6.54 Å². The summed E-state index contributed by atoms with van der Waals surface area (Å²) in [6.07, 6.45) is 0. The van der Waals surface area contributed by atoms with E-state index in [9.17, 15) is 0 Å². The Bertz CT molecular complexity index is 458. The van der Waals surface area contributed by atoms with Crippen LogP contribution >= 0.6 is 24.0 Å². The van der Waals surface area contributed by atoms with Crippen LogP contribution in [0.25, 0.3) is 0 Å². The van der Waals surface area contributed by atoms with E-state index in [-0.39, 0.29) is 12.4 Å². The predicted octanol–water partition coefficient (Wildman–Crippen LogP) is 2.96. The Labute approximate surface area is 138 Å². The molecular formula is C15H24Cl2N2O2. The normalized spacial score (nSPS) is 19.0. The van der Waals surface area contributed by atoms with E-state index in [1.807, 2.05) is 19.1 Å². The Kier molecular flexibility index (Phi) is 7.60. The third-order valence-corrected chi connectivity index (χ3v) is 3.71. The molecule has 1 fully saturated rings. The first-order valence-electron chi connectivity index (χ1n) is 7.09. The van der Waals surface area contributed by atoms with Crippen molar-refractivity contribution in [3.05, 3.63) is 22.7 Å². The zero-order valence-electron chi connectivity index (χ0n) is 12.8. The Hall–Kier alpha value is -0.680. The van der Waals surface area contributed by atoms with E-state index in [1.165, 1.54) is 0 Å². The number of nitrogens with zero attached hydrogens (tertiary/aromatic N) is 1. The molecule has 1 N–H and O–H groups in total. The fourth-order valence-corrected chi connectivity index (χ4v) is 2.90. The molecule has 1 unspecified atom stereocenters. The predicted molar refractivity (Wildman–Crippen MR) is 89.2 cm³/mol. The van der Waals surface area contributed by atoms with Gasteiger partial charge >= 0.3 is 0 Å². The SMILES string of the molecule is CCOc1cc(CN2CCNC(C)C2)cc(Cl)c1OC.Cl. The Morgan fingerprint density at radius 3 is 2.81 bits per heavy atom. The van der Waals surface area contributed by atoms with Crippen molar-refractivity contribution >= 4 is 24.0 Å². The molecule has 0 spiro atoms. The second kappa shape index (κ2) is 8.69. The number of halogens is 2. The lowest BCUT2D eigenvalue weighted by molar-refractivity contribution is 0.199. The molecule has 0 saturated carbocycles. The van der Waals surface area contributed by atoms with Gasteiger partial charge in [0.1, 0.15) is 0 Å². The van der Waals surface area contributed by atoms with Gasteiger partial charge in [0.15, 0.2) is 11.5 Å². The summed E-state index contributed by atoms with van der Waals surface area (Å²) in [6, 6.07) is 4.53. The topological polar surface area (TPSA) is 33.7 Å². The van der Waals surface area contributed by atoms with Gasteiger partial charge in [-0.05, 0) is 31.5 Å². The van der Waals surface area contributed by atoms with Crippen LogP contribution in [-0.4, -0.2) is 44.3 Å². The maximum Gasteiger partial charge on any atom is 0.179 e. The van der Waals surface area contributed by atoms with E-state index in [0.717, 1.165) is 37.5 Å². The van der Waals surface area contributed by atoms with Gasteiger partial charge in [-0.25, -0.2) is 0 Å². The van der Waals surface area contributed by atoms with E-state index in [0.29, 0.717) is 23.4 Å². The largest absolute Gasteiger partial charge is 0.491 e. The molecule has 2 rings (SSSR count). The summed E-state index contributed by atoms with van der Waals surface area (Å²) in [6.45, 7) is 8.78. The first-order chi connectivity index (χ1) is 9.63. The van der Waals surface area contributed by atoms with Crippen molar-refractivity contribution in [2.75, 3.05) is 33.4 Å². The fourth-order valence-electron chi connectivity index (χ4n) is 2.59. The van der Waals surface area contributed by atoms with Crippen LogP contribution in [0.3, 0.4) is 0 Å². The van der Waals surface area contributed by atoms with Gasteiger partial charge in [0, 0.05) is 32.2 Å². The van der Waals surface area contributed by atoms with Gasteiger partial charge in [0.05, 0.1) is 18.7 Å². The standard InChI is InChI=1S/C15H23ClN2O2.ClH/c1-4-20-14-8-12(7-13(16)15(14)19-3)10-18-6-5-17-11(2)9-18;/h7-8,11,17H,4-6,9-10H2,1-3H3;1H. The minimum absolute atomic E-state index is 0. The zero-order valence-corrected chi connectivity index (χ0v) is 14.4. The lowest BCUT2D eigenvalue weighted by atomic mass is 10.1. The van der Waals surface area contributed by atoms with Gasteiger partial charge in [0.2, 0.25) is 0 Å². The van der Waals surface area contributed by atoms with Crippen LogP contribution in [0.1, 0.15) is 19.4 Å². The molecule has 120 valence electrons. The fraction of sp³-hybridized carbons (Fsp3) is 0.600. The maximum atomic E-state index is 6.28. The van der Waals surface area contributed by atoms with Gasteiger partial charge < -0.3 is 14.8 Å². The zero-order chi connectivity index (χ0) is 14.5. The van der Waals surface area contributed by atoms with E-state index in [4.69, 9.17) is 21.1 Å². The molecule has 0 radical (unpaired) electrons.